The lowest BCUT2D eigenvalue weighted by atomic mass is 9.64. The number of hydrogen-bond donors (Lipinski definition) is 2. The fourth-order valence-corrected chi connectivity index (χ4v) is 4.93. The van der Waals surface area contributed by atoms with Crippen LogP contribution in [0, 0.1) is 11.3 Å². The number of para-hydroxylation sites is 1. The summed E-state index contributed by atoms with van der Waals surface area (Å²) >= 11 is 0. The van der Waals surface area contributed by atoms with Crippen molar-refractivity contribution in [2.75, 3.05) is 11.9 Å². The van der Waals surface area contributed by atoms with E-state index in [9.17, 15) is 14.4 Å². The van der Waals surface area contributed by atoms with Gasteiger partial charge in [-0.3, -0.25) is 14.5 Å². The molecule has 3 rings (SSSR count). The minimum Gasteiger partial charge on any atom is -0.324 e. The Morgan fingerprint density at radius 1 is 1.26 bits per heavy atom. The first-order valence-corrected chi connectivity index (χ1v) is 9.68. The number of benzene rings is 1. The van der Waals surface area contributed by atoms with Crippen LogP contribution in [0.5, 0.6) is 0 Å². The van der Waals surface area contributed by atoms with Crippen LogP contribution in [0.3, 0.4) is 0 Å². The topological polar surface area (TPSA) is 78.5 Å². The van der Waals surface area contributed by atoms with Crippen molar-refractivity contribution in [2.45, 2.75) is 58.9 Å². The van der Waals surface area contributed by atoms with E-state index in [0.29, 0.717) is 18.8 Å². The van der Waals surface area contributed by atoms with Crippen LogP contribution in [0.25, 0.3) is 0 Å². The van der Waals surface area contributed by atoms with Crippen molar-refractivity contribution >= 4 is 23.5 Å². The minimum atomic E-state index is -0.875. The molecule has 1 spiro atoms. The molecule has 0 radical (unpaired) electrons. The highest BCUT2D eigenvalue weighted by Gasteiger charge is 2.56. The number of urea groups is 1. The first kappa shape index (κ1) is 19.4. The quantitative estimate of drug-likeness (QED) is 0.797. The predicted octanol–water partition coefficient (Wildman–Crippen LogP) is 3.32. The molecule has 0 unspecified atom stereocenters. The van der Waals surface area contributed by atoms with Crippen LogP contribution in [0.1, 0.15) is 52.5 Å². The Balaban J connectivity index is 1.73. The molecule has 2 atom stereocenters. The second-order valence-electron chi connectivity index (χ2n) is 8.82. The van der Waals surface area contributed by atoms with Gasteiger partial charge in [-0.25, -0.2) is 4.79 Å². The van der Waals surface area contributed by atoms with Crippen LogP contribution in [-0.2, 0) is 16.0 Å². The third kappa shape index (κ3) is 3.84. The lowest BCUT2D eigenvalue weighted by Crippen LogP contribution is -2.54. The Labute approximate surface area is 160 Å². The molecule has 1 aromatic carbocycles. The Morgan fingerprint density at radius 2 is 1.96 bits per heavy atom. The van der Waals surface area contributed by atoms with Crippen molar-refractivity contribution < 1.29 is 14.4 Å². The summed E-state index contributed by atoms with van der Waals surface area (Å²) in [6, 6.07) is 7.08. The lowest BCUT2D eigenvalue weighted by Gasteiger charge is -2.43. The molecule has 146 valence electrons. The molecule has 2 N–H and O–H groups in total. The normalized spacial score (nSPS) is 27.0. The summed E-state index contributed by atoms with van der Waals surface area (Å²) in [6.45, 7) is 8.11. The number of nitrogens with one attached hydrogen (secondary N) is 2. The number of rotatable bonds is 4. The van der Waals surface area contributed by atoms with Gasteiger partial charge in [0.1, 0.15) is 12.1 Å². The van der Waals surface area contributed by atoms with Gasteiger partial charge in [-0.1, -0.05) is 45.9 Å². The maximum absolute atomic E-state index is 13.1. The number of carbonyl (C=O) groups excluding carboxylic acids is 3. The van der Waals surface area contributed by atoms with Crippen LogP contribution in [-0.4, -0.2) is 34.8 Å². The third-order valence-electron chi connectivity index (χ3n) is 5.60. The monoisotopic (exact) mass is 371 g/mol. The number of nitrogens with zero attached hydrogens (tertiary/aromatic N) is 1. The maximum atomic E-state index is 13.1. The van der Waals surface area contributed by atoms with Crippen molar-refractivity contribution in [1.82, 2.24) is 10.2 Å². The van der Waals surface area contributed by atoms with E-state index in [4.69, 9.17) is 0 Å². The van der Waals surface area contributed by atoms with Crippen molar-refractivity contribution in [2.24, 2.45) is 11.3 Å². The molecule has 2 aliphatic rings. The second kappa shape index (κ2) is 6.98. The molecule has 2 fully saturated rings. The largest absolute Gasteiger partial charge is 0.325 e. The minimum absolute atomic E-state index is 0.0288. The zero-order valence-electron chi connectivity index (χ0n) is 16.6. The third-order valence-corrected chi connectivity index (χ3v) is 5.60. The van der Waals surface area contributed by atoms with E-state index in [0.717, 1.165) is 29.0 Å². The molecule has 6 nitrogen and oxygen atoms in total. The molecule has 1 aliphatic heterocycles. The molecule has 0 aromatic heterocycles. The summed E-state index contributed by atoms with van der Waals surface area (Å²) in [5, 5.41) is 5.74. The summed E-state index contributed by atoms with van der Waals surface area (Å²) in [4.78, 5) is 39.2. The van der Waals surface area contributed by atoms with E-state index in [2.05, 4.69) is 31.4 Å². The van der Waals surface area contributed by atoms with Crippen LogP contribution >= 0.6 is 0 Å². The molecule has 27 heavy (non-hydrogen) atoms. The number of carbonyl (C=O) groups is 3. The zero-order chi connectivity index (χ0) is 19.8. The van der Waals surface area contributed by atoms with Gasteiger partial charge >= 0.3 is 6.03 Å². The first-order valence-electron chi connectivity index (χ1n) is 9.68. The fraction of sp³-hybridized carbons (Fsp3) is 0.571. The average Bonchev–Trinajstić information content (AvgIpc) is 2.77. The van der Waals surface area contributed by atoms with E-state index < -0.39 is 11.6 Å². The van der Waals surface area contributed by atoms with Gasteiger partial charge < -0.3 is 10.6 Å². The zero-order valence-corrected chi connectivity index (χ0v) is 16.6. The smallest absolute Gasteiger partial charge is 0.324 e. The Hall–Kier alpha value is -2.37. The molecule has 1 saturated heterocycles. The summed E-state index contributed by atoms with van der Waals surface area (Å²) in [7, 11) is 0. The summed E-state index contributed by atoms with van der Waals surface area (Å²) in [6.07, 6.45) is 3.03. The molecular formula is C21H29N3O3. The van der Waals surface area contributed by atoms with Gasteiger partial charge in [-0.05, 0) is 48.6 Å². The summed E-state index contributed by atoms with van der Waals surface area (Å²) < 4.78 is 0. The maximum Gasteiger partial charge on any atom is 0.325 e. The van der Waals surface area contributed by atoms with E-state index in [1.165, 1.54) is 0 Å². The molecule has 0 bridgehead atoms. The van der Waals surface area contributed by atoms with Gasteiger partial charge in [0.05, 0.1) is 0 Å². The van der Waals surface area contributed by atoms with Crippen LogP contribution in [0.4, 0.5) is 10.5 Å². The van der Waals surface area contributed by atoms with E-state index in [1.807, 2.05) is 31.2 Å². The molecule has 6 heteroatoms. The van der Waals surface area contributed by atoms with Crippen molar-refractivity contribution in [1.29, 1.82) is 0 Å². The standard InChI is InChI=1S/C21H29N3O3/c1-5-15-8-6-7-9-16(15)22-17(25)12-24-18(26)21(23-19(24)27)11-14(2)10-20(3,4)13-21/h6-9,14H,5,10-13H2,1-4H3,(H,22,25)(H,23,27)/t14-,21+/m1/s1. The van der Waals surface area contributed by atoms with Crippen molar-refractivity contribution in [3.8, 4) is 0 Å². The molecule has 1 heterocycles. The Bertz CT molecular complexity index is 774. The number of imide groups is 1. The highest BCUT2D eigenvalue weighted by Crippen LogP contribution is 2.46. The second-order valence-corrected chi connectivity index (χ2v) is 8.82. The number of amides is 4. The van der Waals surface area contributed by atoms with Crippen LogP contribution in [0.2, 0.25) is 0 Å². The Kier molecular flexibility index (Phi) is 5.02. The number of anilines is 1. The van der Waals surface area contributed by atoms with Gasteiger partial charge in [0.25, 0.3) is 5.91 Å². The molecular weight excluding hydrogens is 342 g/mol. The van der Waals surface area contributed by atoms with Crippen LogP contribution in [0.15, 0.2) is 24.3 Å². The van der Waals surface area contributed by atoms with Gasteiger partial charge in [-0.2, -0.15) is 0 Å². The highest BCUT2D eigenvalue weighted by atomic mass is 16.2. The summed E-state index contributed by atoms with van der Waals surface area (Å²) in [5.41, 5.74) is 0.834. The van der Waals surface area contributed by atoms with Gasteiger partial charge in [0.2, 0.25) is 5.91 Å². The molecule has 1 aliphatic carbocycles. The molecule has 1 saturated carbocycles. The van der Waals surface area contributed by atoms with Gasteiger partial charge in [0, 0.05) is 5.69 Å². The summed E-state index contributed by atoms with van der Waals surface area (Å²) in [5.74, 6) is -0.297. The lowest BCUT2D eigenvalue weighted by molar-refractivity contribution is -0.136. The molecule has 1 aromatic rings. The number of aryl methyl sites for hydroxylation is 1. The van der Waals surface area contributed by atoms with E-state index >= 15 is 0 Å². The van der Waals surface area contributed by atoms with Gasteiger partial charge in [0.15, 0.2) is 0 Å². The fourth-order valence-electron chi connectivity index (χ4n) is 4.93. The van der Waals surface area contributed by atoms with Crippen LogP contribution < -0.4 is 10.6 Å². The van der Waals surface area contributed by atoms with E-state index in [1.54, 1.807) is 0 Å². The van der Waals surface area contributed by atoms with Crippen molar-refractivity contribution in [3.05, 3.63) is 29.8 Å². The van der Waals surface area contributed by atoms with Gasteiger partial charge in [-0.15, -0.1) is 0 Å². The van der Waals surface area contributed by atoms with Crippen molar-refractivity contribution in [3.63, 3.8) is 0 Å². The average molecular weight is 371 g/mol. The highest BCUT2D eigenvalue weighted by molar-refractivity contribution is 6.10. The SMILES string of the molecule is CCc1ccccc1NC(=O)CN1C(=O)N[C@]2(C[C@H](C)CC(C)(C)C2)C1=O. The first-order chi connectivity index (χ1) is 12.7. The molecule has 4 amide bonds. The predicted molar refractivity (Wildman–Crippen MR) is 104 cm³/mol. The number of hydrogen-bond acceptors (Lipinski definition) is 3. The Morgan fingerprint density at radius 3 is 2.63 bits per heavy atom. The van der Waals surface area contributed by atoms with E-state index in [-0.39, 0.29) is 23.8 Å².